The van der Waals surface area contributed by atoms with E-state index in [4.69, 9.17) is 11.5 Å². The maximum absolute atomic E-state index is 10.8. The Morgan fingerprint density at radius 1 is 1.27 bits per heavy atom. The van der Waals surface area contributed by atoms with Crippen LogP contribution in [-0.4, -0.2) is 26.4 Å². The molecule has 0 aromatic carbocycles. The molecule has 0 radical (unpaired) electrons. The van der Waals surface area contributed by atoms with E-state index in [1.54, 1.807) is 0 Å². The zero-order valence-corrected chi connectivity index (χ0v) is 7.54. The molecule has 0 spiro atoms. The summed E-state index contributed by atoms with van der Waals surface area (Å²) in [6.45, 7) is 0. The third-order valence-corrected chi connectivity index (χ3v) is 1.85. The molecule has 0 bridgehead atoms. The summed E-state index contributed by atoms with van der Waals surface area (Å²) >= 11 is 0. The third kappa shape index (κ3) is 1.50. The van der Waals surface area contributed by atoms with Crippen molar-refractivity contribution in [2.45, 2.75) is 0 Å². The van der Waals surface area contributed by atoms with Crippen molar-refractivity contribution in [1.82, 2.24) is 14.6 Å². The number of aromatic nitrogens is 3. The fourth-order valence-corrected chi connectivity index (χ4v) is 1.12. The summed E-state index contributed by atoms with van der Waals surface area (Å²) < 4.78 is 1.28. The molecule has 0 atom stereocenters. The molecule has 76 valence electrons. The van der Waals surface area contributed by atoms with Crippen LogP contribution in [0.1, 0.15) is 20.8 Å². The van der Waals surface area contributed by atoms with Gasteiger partial charge in [-0.2, -0.15) is 5.10 Å². The van der Waals surface area contributed by atoms with E-state index < -0.39 is 11.8 Å². The highest BCUT2D eigenvalue weighted by Crippen LogP contribution is 2.04. The second kappa shape index (κ2) is 3.05. The van der Waals surface area contributed by atoms with Crippen LogP contribution >= 0.6 is 0 Å². The smallest absolute Gasteiger partial charge is 0.269 e. The van der Waals surface area contributed by atoms with Crippen LogP contribution < -0.4 is 11.5 Å². The van der Waals surface area contributed by atoms with Gasteiger partial charge in [0.15, 0.2) is 11.3 Å². The van der Waals surface area contributed by atoms with E-state index in [0.29, 0.717) is 5.65 Å². The minimum atomic E-state index is -0.652. The lowest BCUT2D eigenvalue weighted by Crippen LogP contribution is -2.13. The summed E-state index contributed by atoms with van der Waals surface area (Å²) in [4.78, 5) is 25.5. The highest BCUT2D eigenvalue weighted by Gasteiger charge is 2.09. The summed E-state index contributed by atoms with van der Waals surface area (Å²) in [5.74, 6) is -1.26. The number of hydrogen-bond donors (Lipinski definition) is 2. The first-order valence-corrected chi connectivity index (χ1v) is 4.03. The van der Waals surface area contributed by atoms with Crippen molar-refractivity contribution < 1.29 is 9.59 Å². The zero-order chi connectivity index (χ0) is 11.0. The molecular formula is C8H7N5O2. The molecule has 2 rings (SSSR count). The second-order valence-electron chi connectivity index (χ2n) is 2.90. The number of primary amides is 2. The SMILES string of the molecule is NC(=O)c1cnc2cc(C(N)=O)nn2c1. The zero-order valence-electron chi connectivity index (χ0n) is 7.54. The number of nitrogens with zero attached hydrogens (tertiary/aromatic N) is 3. The van der Waals surface area contributed by atoms with E-state index in [1.165, 1.54) is 23.0 Å². The van der Waals surface area contributed by atoms with Crippen molar-refractivity contribution in [2.24, 2.45) is 11.5 Å². The summed E-state index contributed by atoms with van der Waals surface area (Å²) in [5, 5.41) is 3.83. The van der Waals surface area contributed by atoms with Gasteiger partial charge in [0, 0.05) is 18.5 Å². The normalized spacial score (nSPS) is 10.4. The van der Waals surface area contributed by atoms with Gasteiger partial charge in [0.1, 0.15) is 0 Å². The second-order valence-corrected chi connectivity index (χ2v) is 2.90. The van der Waals surface area contributed by atoms with Crippen LogP contribution in [0.3, 0.4) is 0 Å². The number of fused-ring (bicyclic) bond motifs is 1. The molecule has 0 aliphatic heterocycles. The Balaban J connectivity index is 2.62. The van der Waals surface area contributed by atoms with E-state index in [0.717, 1.165) is 0 Å². The number of hydrogen-bond acceptors (Lipinski definition) is 4. The van der Waals surface area contributed by atoms with Gasteiger partial charge < -0.3 is 11.5 Å². The Labute approximate surface area is 83.7 Å². The molecule has 0 saturated carbocycles. The van der Waals surface area contributed by atoms with Gasteiger partial charge >= 0.3 is 0 Å². The Hall–Kier alpha value is -2.44. The van der Waals surface area contributed by atoms with Gasteiger partial charge in [0.25, 0.3) is 11.8 Å². The third-order valence-electron chi connectivity index (χ3n) is 1.85. The summed E-state index contributed by atoms with van der Waals surface area (Å²) in [6.07, 6.45) is 2.70. The van der Waals surface area contributed by atoms with Crippen molar-refractivity contribution in [3.05, 3.63) is 29.7 Å². The molecular weight excluding hydrogens is 198 g/mol. The average Bonchev–Trinajstić information content (AvgIpc) is 2.59. The highest BCUT2D eigenvalue weighted by atomic mass is 16.1. The van der Waals surface area contributed by atoms with Gasteiger partial charge in [0.05, 0.1) is 5.56 Å². The molecule has 2 aromatic heterocycles. The Morgan fingerprint density at radius 2 is 2.00 bits per heavy atom. The first kappa shape index (κ1) is 9.13. The maximum Gasteiger partial charge on any atom is 0.269 e. The van der Waals surface area contributed by atoms with Gasteiger partial charge in [-0.3, -0.25) is 9.59 Å². The van der Waals surface area contributed by atoms with Crippen LogP contribution in [0.15, 0.2) is 18.5 Å². The fraction of sp³-hybridized carbons (Fsp3) is 0. The van der Waals surface area contributed by atoms with E-state index in [2.05, 4.69) is 10.1 Å². The Kier molecular flexibility index (Phi) is 1.86. The van der Waals surface area contributed by atoms with E-state index in [1.807, 2.05) is 0 Å². The predicted molar refractivity (Wildman–Crippen MR) is 50.0 cm³/mol. The molecule has 7 heteroatoms. The van der Waals surface area contributed by atoms with Crippen molar-refractivity contribution in [2.75, 3.05) is 0 Å². The van der Waals surface area contributed by atoms with Crippen LogP contribution in [-0.2, 0) is 0 Å². The van der Waals surface area contributed by atoms with Crippen LogP contribution in [0.25, 0.3) is 5.65 Å². The molecule has 0 unspecified atom stereocenters. The molecule has 2 amide bonds. The van der Waals surface area contributed by atoms with Gasteiger partial charge in [-0.05, 0) is 0 Å². The summed E-state index contributed by atoms with van der Waals surface area (Å²) in [6, 6.07) is 1.42. The molecule has 4 N–H and O–H groups in total. The molecule has 0 saturated heterocycles. The minimum Gasteiger partial charge on any atom is -0.366 e. The Morgan fingerprint density at radius 3 is 2.60 bits per heavy atom. The number of nitrogens with two attached hydrogens (primary N) is 2. The number of carbonyl (C=O) groups is 2. The standard InChI is InChI=1S/C8H7N5O2/c9-7(14)4-2-11-6-1-5(8(10)15)12-13(6)3-4/h1-3H,(H2,9,14)(H2,10,15). The van der Waals surface area contributed by atoms with Crippen molar-refractivity contribution in [3.8, 4) is 0 Å². The molecule has 0 aliphatic rings. The molecule has 2 aromatic rings. The molecule has 15 heavy (non-hydrogen) atoms. The van der Waals surface area contributed by atoms with E-state index >= 15 is 0 Å². The van der Waals surface area contributed by atoms with E-state index in [-0.39, 0.29) is 11.3 Å². The topological polar surface area (TPSA) is 116 Å². The quantitative estimate of drug-likeness (QED) is 0.648. The molecule has 0 fully saturated rings. The summed E-state index contributed by atoms with van der Waals surface area (Å²) in [7, 11) is 0. The van der Waals surface area contributed by atoms with Crippen LogP contribution in [0, 0.1) is 0 Å². The van der Waals surface area contributed by atoms with Crippen molar-refractivity contribution in [3.63, 3.8) is 0 Å². The lowest BCUT2D eigenvalue weighted by Gasteiger charge is -1.94. The lowest BCUT2D eigenvalue weighted by molar-refractivity contribution is 0.0990. The largest absolute Gasteiger partial charge is 0.366 e. The molecule has 0 aliphatic carbocycles. The van der Waals surface area contributed by atoms with Crippen LogP contribution in [0.2, 0.25) is 0 Å². The monoisotopic (exact) mass is 205 g/mol. The van der Waals surface area contributed by atoms with Crippen LogP contribution in [0.4, 0.5) is 0 Å². The first-order chi connectivity index (χ1) is 7.08. The van der Waals surface area contributed by atoms with E-state index in [9.17, 15) is 9.59 Å². The Bertz CT molecular complexity index is 547. The molecule has 2 heterocycles. The van der Waals surface area contributed by atoms with Crippen molar-refractivity contribution >= 4 is 17.5 Å². The number of carbonyl (C=O) groups excluding carboxylic acids is 2. The fourth-order valence-electron chi connectivity index (χ4n) is 1.12. The highest BCUT2D eigenvalue weighted by molar-refractivity contribution is 5.93. The minimum absolute atomic E-state index is 0.0871. The van der Waals surface area contributed by atoms with Gasteiger partial charge in [-0.1, -0.05) is 0 Å². The van der Waals surface area contributed by atoms with Crippen LogP contribution in [0.5, 0.6) is 0 Å². The van der Waals surface area contributed by atoms with Crippen molar-refractivity contribution in [1.29, 1.82) is 0 Å². The number of rotatable bonds is 2. The van der Waals surface area contributed by atoms with Gasteiger partial charge in [-0.25, -0.2) is 9.50 Å². The number of amides is 2. The lowest BCUT2D eigenvalue weighted by atomic mass is 10.3. The first-order valence-electron chi connectivity index (χ1n) is 4.03. The van der Waals surface area contributed by atoms with Gasteiger partial charge in [-0.15, -0.1) is 0 Å². The van der Waals surface area contributed by atoms with Gasteiger partial charge in [0.2, 0.25) is 0 Å². The molecule has 7 nitrogen and oxygen atoms in total. The average molecular weight is 205 g/mol. The summed E-state index contributed by atoms with van der Waals surface area (Å²) in [5.41, 5.74) is 10.8. The predicted octanol–water partition coefficient (Wildman–Crippen LogP) is -1.07. The maximum atomic E-state index is 10.8.